The van der Waals surface area contributed by atoms with Crippen LogP contribution < -0.4 is 5.73 Å². The predicted molar refractivity (Wildman–Crippen MR) is 77.3 cm³/mol. The highest BCUT2D eigenvalue weighted by Gasteiger charge is 2.26. The van der Waals surface area contributed by atoms with Gasteiger partial charge in [0.2, 0.25) is 0 Å². The van der Waals surface area contributed by atoms with Gasteiger partial charge in [0, 0.05) is 24.7 Å². The van der Waals surface area contributed by atoms with Gasteiger partial charge in [-0.05, 0) is 37.3 Å². The maximum Gasteiger partial charge on any atom is 0.127 e. The van der Waals surface area contributed by atoms with Crippen molar-refractivity contribution < 1.29 is 4.39 Å². The first-order valence-corrected chi connectivity index (χ1v) is 7.34. The highest BCUT2D eigenvalue weighted by atomic mass is 19.1. The molecule has 1 saturated carbocycles. The number of nitrogens with two attached hydrogens (primary N) is 1. The Kier molecular flexibility index (Phi) is 4.94. The first-order valence-electron chi connectivity index (χ1n) is 7.34. The summed E-state index contributed by atoms with van der Waals surface area (Å²) in [5.74, 6) is 0.958. The molecule has 1 fully saturated rings. The van der Waals surface area contributed by atoms with Gasteiger partial charge in [-0.3, -0.25) is 0 Å². The molecule has 2 N–H and O–H groups in total. The smallest absolute Gasteiger partial charge is 0.127 e. The molecule has 2 rings (SSSR count). The number of hydrogen-bond acceptors (Lipinski definition) is 2. The van der Waals surface area contributed by atoms with Gasteiger partial charge in [0.25, 0.3) is 0 Å². The van der Waals surface area contributed by atoms with Crippen LogP contribution in [-0.4, -0.2) is 24.5 Å². The van der Waals surface area contributed by atoms with E-state index in [4.69, 9.17) is 5.73 Å². The lowest BCUT2D eigenvalue weighted by atomic mass is 9.94. The number of benzene rings is 1. The predicted octanol–water partition coefficient (Wildman–Crippen LogP) is 3.19. The van der Waals surface area contributed by atoms with Crippen LogP contribution in [0.15, 0.2) is 24.3 Å². The van der Waals surface area contributed by atoms with Crippen molar-refractivity contribution in [2.75, 3.05) is 19.6 Å². The summed E-state index contributed by atoms with van der Waals surface area (Å²) in [6.45, 7) is 7.47. The number of nitrogens with zero attached hydrogens (tertiary/aromatic N) is 1. The molecular weight excluding hydrogens is 239 g/mol. The van der Waals surface area contributed by atoms with Crippen LogP contribution in [0, 0.1) is 17.7 Å². The third kappa shape index (κ3) is 4.02. The molecular formula is C16H25FN2. The molecule has 0 amide bonds. The van der Waals surface area contributed by atoms with Gasteiger partial charge in [0.05, 0.1) is 0 Å². The largest absolute Gasteiger partial charge is 0.324 e. The zero-order valence-electron chi connectivity index (χ0n) is 12.0. The highest BCUT2D eigenvalue weighted by Crippen LogP contribution is 2.30. The molecule has 0 aromatic heterocycles. The Labute approximate surface area is 115 Å². The van der Waals surface area contributed by atoms with E-state index in [2.05, 4.69) is 18.7 Å². The Hall–Kier alpha value is -0.930. The second-order valence-corrected chi connectivity index (χ2v) is 5.82. The van der Waals surface area contributed by atoms with E-state index in [0.29, 0.717) is 5.56 Å². The first-order chi connectivity index (χ1) is 9.11. The van der Waals surface area contributed by atoms with Crippen molar-refractivity contribution in [3.63, 3.8) is 0 Å². The van der Waals surface area contributed by atoms with Gasteiger partial charge in [-0.2, -0.15) is 0 Å². The summed E-state index contributed by atoms with van der Waals surface area (Å²) in [6.07, 6.45) is 2.73. The molecule has 1 aliphatic rings. The summed E-state index contributed by atoms with van der Waals surface area (Å²) in [5.41, 5.74) is 6.86. The van der Waals surface area contributed by atoms with Crippen molar-refractivity contribution in [1.29, 1.82) is 0 Å². The van der Waals surface area contributed by atoms with E-state index in [9.17, 15) is 4.39 Å². The van der Waals surface area contributed by atoms with E-state index in [-0.39, 0.29) is 17.8 Å². The van der Waals surface area contributed by atoms with Crippen LogP contribution in [-0.2, 0) is 0 Å². The fraction of sp³-hybridized carbons (Fsp3) is 0.625. The lowest BCUT2D eigenvalue weighted by Gasteiger charge is -2.28. The van der Waals surface area contributed by atoms with Gasteiger partial charge in [0.15, 0.2) is 0 Å². The lowest BCUT2D eigenvalue weighted by Crippen LogP contribution is -2.35. The molecule has 0 saturated heterocycles. The van der Waals surface area contributed by atoms with Crippen LogP contribution >= 0.6 is 0 Å². The van der Waals surface area contributed by atoms with Crippen LogP contribution in [0.25, 0.3) is 0 Å². The van der Waals surface area contributed by atoms with Crippen LogP contribution in [0.2, 0.25) is 0 Å². The summed E-state index contributed by atoms with van der Waals surface area (Å²) < 4.78 is 13.7. The zero-order chi connectivity index (χ0) is 13.8. The van der Waals surface area contributed by atoms with E-state index in [1.54, 1.807) is 12.1 Å². The van der Waals surface area contributed by atoms with Crippen molar-refractivity contribution in [1.82, 2.24) is 4.90 Å². The Morgan fingerprint density at radius 3 is 2.63 bits per heavy atom. The van der Waals surface area contributed by atoms with Gasteiger partial charge in [-0.25, -0.2) is 4.39 Å². The van der Waals surface area contributed by atoms with Gasteiger partial charge < -0.3 is 10.6 Å². The van der Waals surface area contributed by atoms with E-state index in [1.807, 2.05) is 6.07 Å². The number of hydrogen-bond donors (Lipinski definition) is 1. The maximum atomic E-state index is 13.7. The van der Waals surface area contributed by atoms with E-state index < -0.39 is 0 Å². The van der Waals surface area contributed by atoms with Crippen molar-refractivity contribution in [3.8, 4) is 0 Å². The summed E-state index contributed by atoms with van der Waals surface area (Å²) in [5, 5.41) is 0. The molecule has 3 heteroatoms. The van der Waals surface area contributed by atoms with Crippen LogP contribution in [0.5, 0.6) is 0 Å². The van der Waals surface area contributed by atoms with Crippen LogP contribution in [0.1, 0.15) is 38.3 Å². The number of halogens is 1. The third-order valence-electron chi connectivity index (χ3n) is 4.08. The Morgan fingerprint density at radius 1 is 1.37 bits per heavy atom. The minimum Gasteiger partial charge on any atom is -0.324 e. The average Bonchev–Trinajstić information content (AvgIpc) is 3.21. The first kappa shape index (κ1) is 14.5. The summed E-state index contributed by atoms with van der Waals surface area (Å²) in [6, 6.07) is 6.63. The molecule has 0 aliphatic heterocycles. The SMILES string of the molecule is CCN(CC1CC1)CC(C)C(N)c1ccccc1F. The molecule has 2 atom stereocenters. The summed E-state index contributed by atoms with van der Waals surface area (Å²) >= 11 is 0. The zero-order valence-corrected chi connectivity index (χ0v) is 12.0. The number of rotatable bonds is 7. The average molecular weight is 264 g/mol. The third-order valence-corrected chi connectivity index (χ3v) is 4.08. The Morgan fingerprint density at radius 2 is 2.05 bits per heavy atom. The molecule has 2 nitrogen and oxygen atoms in total. The fourth-order valence-corrected chi connectivity index (χ4v) is 2.57. The summed E-state index contributed by atoms with van der Waals surface area (Å²) in [7, 11) is 0. The Balaban J connectivity index is 1.94. The standard InChI is InChI=1S/C16H25FN2/c1-3-19(11-13-8-9-13)10-12(2)16(18)14-6-4-5-7-15(14)17/h4-7,12-13,16H,3,8-11,18H2,1-2H3. The quantitative estimate of drug-likeness (QED) is 0.819. The molecule has 0 spiro atoms. The van der Waals surface area contributed by atoms with Gasteiger partial charge >= 0.3 is 0 Å². The van der Waals surface area contributed by atoms with Gasteiger partial charge in [-0.15, -0.1) is 0 Å². The van der Waals surface area contributed by atoms with E-state index in [1.165, 1.54) is 25.5 Å². The van der Waals surface area contributed by atoms with Crippen molar-refractivity contribution >= 4 is 0 Å². The fourth-order valence-electron chi connectivity index (χ4n) is 2.57. The summed E-state index contributed by atoms with van der Waals surface area (Å²) in [4.78, 5) is 2.45. The molecule has 2 unspecified atom stereocenters. The van der Waals surface area contributed by atoms with Crippen molar-refractivity contribution in [3.05, 3.63) is 35.6 Å². The molecule has 0 bridgehead atoms. The molecule has 106 valence electrons. The normalized spacial score (nSPS) is 18.6. The van der Waals surface area contributed by atoms with Crippen molar-refractivity contribution in [2.24, 2.45) is 17.6 Å². The minimum atomic E-state index is -0.227. The van der Waals surface area contributed by atoms with Crippen LogP contribution in [0.4, 0.5) is 4.39 Å². The second kappa shape index (κ2) is 6.49. The van der Waals surface area contributed by atoms with E-state index >= 15 is 0 Å². The molecule has 19 heavy (non-hydrogen) atoms. The van der Waals surface area contributed by atoms with Crippen LogP contribution in [0.3, 0.4) is 0 Å². The second-order valence-electron chi connectivity index (χ2n) is 5.82. The highest BCUT2D eigenvalue weighted by molar-refractivity contribution is 5.21. The monoisotopic (exact) mass is 264 g/mol. The minimum absolute atomic E-state index is 0.188. The topological polar surface area (TPSA) is 29.3 Å². The molecule has 0 radical (unpaired) electrons. The lowest BCUT2D eigenvalue weighted by molar-refractivity contribution is 0.223. The molecule has 1 aromatic carbocycles. The molecule has 1 aliphatic carbocycles. The van der Waals surface area contributed by atoms with Gasteiger partial charge in [0.1, 0.15) is 5.82 Å². The maximum absolute atomic E-state index is 13.7. The molecule has 1 aromatic rings. The van der Waals surface area contributed by atoms with Gasteiger partial charge in [-0.1, -0.05) is 32.0 Å². The van der Waals surface area contributed by atoms with Crippen molar-refractivity contribution in [2.45, 2.75) is 32.7 Å². The van der Waals surface area contributed by atoms with E-state index in [0.717, 1.165) is 19.0 Å². The molecule has 0 heterocycles. The Bertz CT molecular complexity index is 403.